The summed E-state index contributed by atoms with van der Waals surface area (Å²) in [5.41, 5.74) is 1.16. The highest BCUT2D eigenvalue weighted by Crippen LogP contribution is 2.30. The standard InChI is InChI=1S/C17H25N3O/c1-14(21)20-12-5-8-17(20)16-7-4-11-19(16)13-9-15-6-2-3-10-18-15/h2-3,6,10,16-17H,4-5,7-9,11-13H2,1H3/t16-,17-/m0/s1. The molecule has 0 unspecified atom stereocenters. The minimum Gasteiger partial charge on any atom is -0.338 e. The smallest absolute Gasteiger partial charge is 0.219 e. The molecule has 0 aliphatic carbocycles. The molecule has 2 aliphatic rings. The molecule has 1 aromatic heterocycles. The Morgan fingerprint density at radius 2 is 2.05 bits per heavy atom. The van der Waals surface area contributed by atoms with Crippen LogP contribution in [0.1, 0.15) is 38.3 Å². The second-order valence-electron chi connectivity index (χ2n) is 6.24. The lowest BCUT2D eigenvalue weighted by Gasteiger charge is -2.34. The van der Waals surface area contributed by atoms with Crippen LogP contribution in [0.3, 0.4) is 0 Å². The van der Waals surface area contributed by atoms with Crippen molar-refractivity contribution in [3.63, 3.8) is 0 Å². The van der Waals surface area contributed by atoms with E-state index in [9.17, 15) is 4.79 Å². The van der Waals surface area contributed by atoms with Crippen LogP contribution in [0.25, 0.3) is 0 Å². The topological polar surface area (TPSA) is 36.4 Å². The Labute approximate surface area is 127 Å². The predicted octanol–water partition coefficient (Wildman–Crippen LogP) is 2.10. The van der Waals surface area contributed by atoms with Gasteiger partial charge in [-0.25, -0.2) is 0 Å². The molecule has 3 heterocycles. The molecule has 0 aromatic carbocycles. The number of amides is 1. The van der Waals surface area contributed by atoms with E-state index in [1.54, 1.807) is 6.92 Å². The van der Waals surface area contributed by atoms with Crippen molar-refractivity contribution >= 4 is 5.91 Å². The highest BCUT2D eigenvalue weighted by Gasteiger charge is 2.38. The molecule has 3 rings (SSSR count). The maximum absolute atomic E-state index is 11.8. The minimum atomic E-state index is 0.245. The summed E-state index contributed by atoms with van der Waals surface area (Å²) in [6, 6.07) is 7.11. The first-order valence-corrected chi connectivity index (χ1v) is 8.17. The third kappa shape index (κ3) is 3.26. The number of nitrogens with zero attached hydrogens (tertiary/aromatic N) is 3. The Kier molecular flexibility index (Phi) is 4.54. The minimum absolute atomic E-state index is 0.245. The van der Waals surface area contributed by atoms with Gasteiger partial charge >= 0.3 is 0 Å². The second-order valence-corrected chi connectivity index (χ2v) is 6.24. The zero-order valence-electron chi connectivity index (χ0n) is 12.9. The average molecular weight is 287 g/mol. The molecule has 4 heteroatoms. The molecule has 21 heavy (non-hydrogen) atoms. The number of rotatable bonds is 4. The van der Waals surface area contributed by atoms with Crippen molar-refractivity contribution in [1.29, 1.82) is 0 Å². The number of likely N-dealkylation sites (tertiary alicyclic amines) is 2. The van der Waals surface area contributed by atoms with E-state index in [0.717, 1.165) is 31.6 Å². The maximum atomic E-state index is 11.8. The zero-order chi connectivity index (χ0) is 14.7. The highest BCUT2D eigenvalue weighted by molar-refractivity contribution is 5.74. The quantitative estimate of drug-likeness (QED) is 0.851. The molecule has 1 amide bonds. The van der Waals surface area contributed by atoms with Crippen LogP contribution >= 0.6 is 0 Å². The summed E-state index contributed by atoms with van der Waals surface area (Å²) in [7, 11) is 0. The Hall–Kier alpha value is -1.42. The lowest BCUT2D eigenvalue weighted by Crippen LogP contribution is -2.48. The van der Waals surface area contributed by atoms with Gasteiger partial charge in [0.1, 0.15) is 0 Å². The molecule has 0 saturated carbocycles. The number of pyridine rings is 1. The zero-order valence-corrected chi connectivity index (χ0v) is 12.9. The van der Waals surface area contributed by atoms with Gasteiger partial charge in [-0.2, -0.15) is 0 Å². The summed E-state index contributed by atoms with van der Waals surface area (Å²) >= 11 is 0. The number of hydrogen-bond donors (Lipinski definition) is 0. The SMILES string of the molecule is CC(=O)N1CCC[C@H]1[C@@H]1CCCN1CCc1ccccn1. The number of aromatic nitrogens is 1. The summed E-state index contributed by atoms with van der Waals surface area (Å²) in [6.07, 6.45) is 7.69. The van der Waals surface area contributed by atoms with Gasteiger partial charge in [0, 0.05) is 50.4 Å². The van der Waals surface area contributed by atoms with Gasteiger partial charge in [-0.05, 0) is 44.4 Å². The monoisotopic (exact) mass is 287 g/mol. The van der Waals surface area contributed by atoms with Crippen LogP contribution in [0.2, 0.25) is 0 Å². The van der Waals surface area contributed by atoms with Crippen molar-refractivity contribution in [2.24, 2.45) is 0 Å². The van der Waals surface area contributed by atoms with E-state index < -0.39 is 0 Å². The highest BCUT2D eigenvalue weighted by atomic mass is 16.2. The van der Waals surface area contributed by atoms with Crippen molar-refractivity contribution in [2.75, 3.05) is 19.6 Å². The summed E-state index contributed by atoms with van der Waals surface area (Å²) in [5.74, 6) is 0.245. The molecule has 2 saturated heterocycles. The van der Waals surface area contributed by atoms with Gasteiger partial charge in [0.05, 0.1) is 0 Å². The third-order valence-corrected chi connectivity index (χ3v) is 4.94. The molecule has 0 bridgehead atoms. The Balaban J connectivity index is 1.61. The second kappa shape index (κ2) is 6.56. The normalized spacial score (nSPS) is 26.4. The number of hydrogen-bond acceptors (Lipinski definition) is 3. The van der Waals surface area contributed by atoms with E-state index in [1.807, 2.05) is 12.3 Å². The molecule has 2 aliphatic heterocycles. The van der Waals surface area contributed by atoms with Gasteiger partial charge in [0.2, 0.25) is 5.91 Å². The van der Waals surface area contributed by atoms with E-state index in [4.69, 9.17) is 0 Å². The Morgan fingerprint density at radius 1 is 1.24 bits per heavy atom. The van der Waals surface area contributed by atoms with Gasteiger partial charge in [-0.15, -0.1) is 0 Å². The van der Waals surface area contributed by atoms with Crippen molar-refractivity contribution in [3.8, 4) is 0 Å². The molecule has 0 N–H and O–H groups in total. The first kappa shape index (κ1) is 14.5. The van der Waals surface area contributed by atoms with Gasteiger partial charge in [0.15, 0.2) is 0 Å². The summed E-state index contributed by atoms with van der Waals surface area (Å²) < 4.78 is 0. The molecular weight excluding hydrogens is 262 g/mol. The van der Waals surface area contributed by atoms with Crippen LogP contribution in [0.15, 0.2) is 24.4 Å². The fraction of sp³-hybridized carbons (Fsp3) is 0.647. The van der Waals surface area contributed by atoms with Gasteiger partial charge in [-0.1, -0.05) is 6.07 Å². The molecule has 2 fully saturated rings. The average Bonchev–Trinajstić information content (AvgIpc) is 3.14. The van der Waals surface area contributed by atoms with Gasteiger partial charge < -0.3 is 4.90 Å². The largest absolute Gasteiger partial charge is 0.338 e. The summed E-state index contributed by atoms with van der Waals surface area (Å²) in [6.45, 7) is 4.89. The van der Waals surface area contributed by atoms with E-state index in [1.165, 1.54) is 25.8 Å². The molecule has 2 atom stereocenters. The number of carbonyl (C=O) groups excluding carboxylic acids is 1. The fourth-order valence-electron chi connectivity index (χ4n) is 3.95. The Bertz CT molecular complexity index is 476. The lowest BCUT2D eigenvalue weighted by atomic mass is 10.0. The van der Waals surface area contributed by atoms with E-state index in [0.29, 0.717) is 12.1 Å². The van der Waals surface area contributed by atoms with E-state index in [2.05, 4.69) is 26.9 Å². The molecule has 0 spiro atoms. The van der Waals surface area contributed by atoms with E-state index >= 15 is 0 Å². The van der Waals surface area contributed by atoms with Crippen LogP contribution in [0.4, 0.5) is 0 Å². The predicted molar refractivity (Wildman–Crippen MR) is 82.9 cm³/mol. The number of carbonyl (C=O) groups is 1. The van der Waals surface area contributed by atoms with Crippen molar-refractivity contribution in [2.45, 2.75) is 51.1 Å². The third-order valence-electron chi connectivity index (χ3n) is 4.94. The lowest BCUT2D eigenvalue weighted by molar-refractivity contribution is -0.130. The summed E-state index contributed by atoms with van der Waals surface area (Å²) in [5, 5.41) is 0. The molecular formula is C17H25N3O. The molecule has 0 radical (unpaired) electrons. The Morgan fingerprint density at radius 3 is 2.81 bits per heavy atom. The van der Waals surface area contributed by atoms with Gasteiger partial charge in [-0.3, -0.25) is 14.7 Å². The first-order valence-electron chi connectivity index (χ1n) is 8.17. The molecule has 114 valence electrons. The van der Waals surface area contributed by atoms with Crippen LogP contribution in [0, 0.1) is 0 Å². The van der Waals surface area contributed by atoms with Crippen molar-refractivity contribution < 1.29 is 4.79 Å². The van der Waals surface area contributed by atoms with Crippen LogP contribution in [-0.4, -0.2) is 52.4 Å². The van der Waals surface area contributed by atoms with Crippen molar-refractivity contribution in [1.82, 2.24) is 14.8 Å². The molecule has 4 nitrogen and oxygen atoms in total. The summed E-state index contributed by atoms with van der Waals surface area (Å²) in [4.78, 5) is 20.9. The van der Waals surface area contributed by atoms with Crippen LogP contribution in [0.5, 0.6) is 0 Å². The molecule has 1 aromatic rings. The van der Waals surface area contributed by atoms with Gasteiger partial charge in [0.25, 0.3) is 0 Å². The maximum Gasteiger partial charge on any atom is 0.219 e. The first-order chi connectivity index (χ1) is 10.3. The van der Waals surface area contributed by atoms with Crippen molar-refractivity contribution in [3.05, 3.63) is 30.1 Å². The van der Waals surface area contributed by atoms with Crippen LogP contribution < -0.4 is 0 Å². The van der Waals surface area contributed by atoms with Crippen LogP contribution in [-0.2, 0) is 11.2 Å². The fourth-order valence-corrected chi connectivity index (χ4v) is 3.95. The van der Waals surface area contributed by atoms with E-state index in [-0.39, 0.29) is 5.91 Å².